The van der Waals surface area contributed by atoms with Crippen molar-refractivity contribution in [1.29, 1.82) is 0 Å². The Morgan fingerprint density at radius 2 is 1.65 bits per heavy atom. The van der Waals surface area contributed by atoms with Gasteiger partial charge in [-0.15, -0.1) is 0 Å². The molecule has 2 aromatic rings. The van der Waals surface area contributed by atoms with Crippen LogP contribution in [0.3, 0.4) is 0 Å². The monoisotopic (exact) mass is 311 g/mol. The first kappa shape index (κ1) is 15.7. The zero-order chi connectivity index (χ0) is 16.3. The fourth-order valence-corrected chi connectivity index (χ4v) is 3.55. The van der Waals surface area contributed by atoms with E-state index in [1.165, 1.54) is 12.1 Å². The summed E-state index contributed by atoms with van der Waals surface area (Å²) in [6, 6.07) is 16.2. The predicted molar refractivity (Wildman–Crippen MR) is 89.5 cm³/mol. The van der Waals surface area contributed by atoms with Gasteiger partial charge in [0, 0.05) is 0 Å². The highest BCUT2D eigenvalue weighted by Crippen LogP contribution is 2.41. The Hall–Kier alpha value is -2.16. The summed E-state index contributed by atoms with van der Waals surface area (Å²) < 4.78 is 13.1. The first-order chi connectivity index (χ1) is 11.1. The van der Waals surface area contributed by atoms with E-state index in [1.807, 2.05) is 37.3 Å². The second-order valence-electron chi connectivity index (χ2n) is 6.40. The number of carbonyl (C=O) groups excluding carboxylic acids is 1. The fourth-order valence-electron chi connectivity index (χ4n) is 3.55. The highest BCUT2D eigenvalue weighted by atomic mass is 19.1. The van der Waals surface area contributed by atoms with Gasteiger partial charge in [0.05, 0.1) is 11.5 Å². The summed E-state index contributed by atoms with van der Waals surface area (Å²) in [5.74, 6) is -0.179. The summed E-state index contributed by atoms with van der Waals surface area (Å²) in [4.78, 5) is 13.0. The van der Waals surface area contributed by atoms with Crippen LogP contribution in [0.4, 0.5) is 4.39 Å². The number of amides is 1. The van der Waals surface area contributed by atoms with Crippen molar-refractivity contribution in [1.82, 2.24) is 5.32 Å². The van der Waals surface area contributed by atoms with Gasteiger partial charge in [0.1, 0.15) is 5.82 Å². The predicted octanol–water partition coefficient (Wildman–Crippen LogP) is 4.51. The van der Waals surface area contributed by atoms with Gasteiger partial charge in [-0.05, 0) is 43.0 Å². The average Bonchev–Trinajstić information content (AvgIpc) is 3.07. The molecule has 1 saturated carbocycles. The summed E-state index contributed by atoms with van der Waals surface area (Å²) >= 11 is 0. The smallest absolute Gasteiger partial charge is 0.231 e. The van der Waals surface area contributed by atoms with E-state index in [4.69, 9.17) is 0 Å². The van der Waals surface area contributed by atoms with Crippen molar-refractivity contribution in [2.45, 2.75) is 44.1 Å². The van der Waals surface area contributed by atoms with E-state index in [-0.39, 0.29) is 17.8 Å². The molecule has 0 unspecified atom stereocenters. The Kier molecular flexibility index (Phi) is 4.46. The minimum Gasteiger partial charge on any atom is -0.349 e. The van der Waals surface area contributed by atoms with Crippen molar-refractivity contribution in [3.05, 3.63) is 71.5 Å². The molecule has 0 heterocycles. The molecular formula is C20H22FNO. The molecule has 1 aliphatic rings. The molecule has 0 aliphatic heterocycles. The molecular weight excluding hydrogens is 289 g/mol. The van der Waals surface area contributed by atoms with Crippen molar-refractivity contribution in [3.8, 4) is 0 Å². The molecule has 1 fully saturated rings. The quantitative estimate of drug-likeness (QED) is 0.884. The summed E-state index contributed by atoms with van der Waals surface area (Å²) in [7, 11) is 0. The van der Waals surface area contributed by atoms with Crippen LogP contribution in [0.1, 0.15) is 49.8 Å². The largest absolute Gasteiger partial charge is 0.349 e. The number of hydrogen-bond donors (Lipinski definition) is 1. The van der Waals surface area contributed by atoms with E-state index in [1.54, 1.807) is 12.1 Å². The third kappa shape index (κ3) is 3.14. The van der Waals surface area contributed by atoms with Gasteiger partial charge in [-0.25, -0.2) is 4.39 Å². The molecule has 2 aromatic carbocycles. The lowest BCUT2D eigenvalue weighted by Crippen LogP contribution is -2.43. The van der Waals surface area contributed by atoms with E-state index < -0.39 is 5.41 Å². The summed E-state index contributed by atoms with van der Waals surface area (Å²) in [5.41, 5.74) is 1.59. The maximum Gasteiger partial charge on any atom is 0.231 e. The van der Waals surface area contributed by atoms with Crippen LogP contribution in [0, 0.1) is 5.82 Å². The van der Waals surface area contributed by atoms with E-state index >= 15 is 0 Å². The normalized spacial score (nSPS) is 17.7. The molecule has 3 rings (SSSR count). The third-order valence-corrected chi connectivity index (χ3v) is 4.94. The second-order valence-corrected chi connectivity index (χ2v) is 6.40. The summed E-state index contributed by atoms with van der Waals surface area (Å²) in [6.45, 7) is 1.94. The van der Waals surface area contributed by atoms with Crippen LogP contribution in [0.25, 0.3) is 0 Å². The van der Waals surface area contributed by atoms with Crippen LogP contribution in [-0.4, -0.2) is 5.91 Å². The van der Waals surface area contributed by atoms with Gasteiger partial charge in [0.25, 0.3) is 0 Å². The van der Waals surface area contributed by atoms with E-state index in [2.05, 4.69) is 5.32 Å². The Morgan fingerprint density at radius 1 is 1.04 bits per heavy atom. The lowest BCUT2D eigenvalue weighted by molar-refractivity contribution is -0.127. The SMILES string of the molecule is C[C@H](NC(=O)C1(c2ccccc2)CCCC1)c1ccc(F)cc1. The van der Waals surface area contributed by atoms with E-state index in [0.29, 0.717) is 0 Å². The van der Waals surface area contributed by atoms with Crippen molar-refractivity contribution < 1.29 is 9.18 Å². The number of carbonyl (C=O) groups is 1. The van der Waals surface area contributed by atoms with Crippen molar-refractivity contribution in [2.75, 3.05) is 0 Å². The maximum absolute atomic E-state index is 13.1. The van der Waals surface area contributed by atoms with Gasteiger partial charge in [-0.3, -0.25) is 4.79 Å². The Morgan fingerprint density at radius 3 is 2.26 bits per heavy atom. The number of hydrogen-bond acceptors (Lipinski definition) is 1. The number of benzene rings is 2. The van der Waals surface area contributed by atoms with Crippen LogP contribution in [-0.2, 0) is 10.2 Å². The van der Waals surface area contributed by atoms with E-state index in [9.17, 15) is 9.18 Å². The van der Waals surface area contributed by atoms with Gasteiger partial charge in [0.2, 0.25) is 5.91 Å². The fraction of sp³-hybridized carbons (Fsp3) is 0.350. The van der Waals surface area contributed by atoms with Crippen LogP contribution >= 0.6 is 0 Å². The molecule has 23 heavy (non-hydrogen) atoms. The molecule has 1 amide bonds. The van der Waals surface area contributed by atoms with Gasteiger partial charge < -0.3 is 5.32 Å². The molecule has 0 bridgehead atoms. The van der Waals surface area contributed by atoms with Gasteiger partial charge in [-0.2, -0.15) is 0 Å². The topological polar surface area (TPSA) is 29.1 Å². The lowest BCUT2D eigenvalue weighted by atomic mass is 9.77. The molecule has 0 saturated heterocycles. The van der Waals surface area contributed by atoms with Gasteiger partial charge in [0.15, 0.2) is 0 Å². The summed E-state index contributed by atoms with van der Waals surface area (Å²) in [5, 5.41) is 3.14. The summed E-state index contributed by atoms with van der Waals surface area (Å²) in [6.07, 6.45) is 3.93. The standard InChI is InChI=1S/C20H22FNO/c1-15(16-9-11-18(21)12-10-16)22-19(23)20(13-5-6-14-20)17-7-3-2-4-8-17/h2-4,7-12,15H,5-6,13-14H2,1H3,(H,22,23)/t15-/m0/s1. The molecule has 0 aromatic heterocycles. The number of halogens is 1. The van der Waals surface area contributed by atoms with Gasteiger partial charge in [-0.1, -0.05) is 55.3 Å². The molecule has 0 spiro atoms. The second kappa shape index (κ2) is 6.53. The first-order valence-corrected chi connectivity index (χ1v) is 8.24. The molecule has 1 aliphatic carbocycles. The van der Waals surface area contributed by atoms with Crippen molar-refractivity contribution >= 4 is 5.91 Å². The Bertz CT molecular complexity index is 660. The van der Waals surface area contributed by atoms with Gasteiger partial charge >= 0.3 is 0 Å². The lowest BCUT2D eigenvalue weighted by Gasteiger charge is -2.30. The highest BCUT2D eigenvalue weighted by molar-refractivity contribution is 5.88. The third-order valence-electron chi connectivity index (χ3n) is 4.94. The Balaban J connectivity index is 1.81. The first-order valence-electron chi connectivity index (χ1n) is 8.24. The number of rotatable bonds is 4. The van der Waals surface area contributed by atoms with Crippen molar-refractivity contribution in [2.24, 2.45) is 0 Å². The van der Waals surface area contributed by atoms with Crippen LogP contribution in [0.5, 0.6) is 0 Å². The van der Waals surface area contributed by atoms with Crippen LogP contribution < -0.4 is 5.32 Å². The number of nitrogens with one attached hydrogen (secondary N) is 1. The van der Waals surface area contributed by atoms with Crippen LogP contribution in [0.2, 0.25) is 0 Å². The molecule has 1 N–H and O–H groups in total. The zero-order valence-corrected chi connectivity index (χ0v) is 13.4. The molecule has 2 nitrogen and oxygen atoms in total. The zero-order valence-electron chi connectivity index (χ0n) is 13.4. The highest BCUT2D eigenvalue weighted by Gasteiger charge is 2.42. The van der Waals surface area contributed by atoms with E-state index in [0.717, 1.165) is 36.8 Å². The van der Waals surface area contributed by atoms with Crippen molar-refractivity contribution in [3.63, 3.8) is 0 Å². The Labute approximate surface area is 136 Å². The molecule has 1 atom stereocenters. The minimum absolute atomic E-state index is 0.0815. The van der Waals surface area contributed by atoms with Crippen LogP contribution in [0.15, 0.2) is 54.6 Å². The molecule has 3 heteroatoms. The minimum atomic E-state index is -0.421. The maximum atomic E-state index is 13.1. The average molecular weight is 311 g/mol. The molecule has 120 valence electrons. The molecule has 0 radical (unpaired) electrons.